The number of hydrogen-bond acceptors (Lipinski definition) is 2. The van der Waals surface area contributed by atoms with E-state index in [1.54, 1.807) is 0 Å². The van der Waals surface area contributed by atoms with Crippen LogP contribution in [0.25, 0.3) is 5.70 Å². The van der Waals surface area contributed by atoms with Crippen molar-refractivity contribution in [2.45, 2.75) is 26.2 Å². The van der Waals surface area contributed by atoms with Crippen LogP contribution in [-0.4, -0.2) is 12.9 Å². The molecule has 0 aliphatic carbocycles. The van der Waals surface area contributed by atoms with Crippen molar-refractivity contribution >= 4 is 22.9 Å². The van der Waals surface area contributed by atoms with E-state index in [1.807, 2.05) is 18.4 Å². The molecule has 0 spiro atoms. The van der Waals surface area contributed by atoms with Crippen LogP contribution in [0.3, 0.4) is 0 Å². The number of nitrogens with zero attached hydrogens (tertiary/aromatic N) is 1. The molecule has 2 heterocycles. The normalized spacial score (nSPS) is 18.8. The topological polar surface area (TPSA) is 24.4 Å². The highest BCUT2D eigenvalue weighted by Crippen LogP contribution is 2.25. The standard InChI is InChI=1S/C12H16N2S/c1-3-9-7-8-11(15-9)10-5-4-6-12(13-2)14-10/h5,7-8H,3-4,6H2,1-2H3,(H,13,14). The smallest absolute Gasteiger partial charge is 0.101 e. The molecular formula is C12H16N2S. The number of aryl methyl sites for hydroxylation is 1. The molecule has 0 unspecified atom stereocenters. The van der Waals surface area contributed by atoms with Gasteiger partial charge in [-0.2, -0.15) is 0 Å². The predicted molar refractivity (Wildman–Crippen MR) is 67.4 cm³/mol. The molecule has 80 valence electrons. The van der Waals surface area contributed by atoms with E-state index in [1.165, 1.54) is 15.5 Å². The summed E-state index contributed by atoms with van der Waals surface area (Å²) in [4.78, 5) is 6.98. The lowest BCUT2D eigenvalue weighted by molar-refractivity contribution is 0.992. The van der Waals surface area contributed by atoms with Gasteiger partial charge in [0.15, 0.2) is 0 Å². The monoisotopic (exact) mass is 220 g/mol. The molecule has 0 amide bonds. The van der Waals surface area contributed by atoms with Gasteiger partial charge in [0.25, 0.3) is 0 Å². The van der Waals surface area contributed by atoms with Crippen molar-refractivity contribution < 1.29 is 0 Å². The van der Waals surface area contributed by atoms with Gasteiger partial charge in [0.05, 0.1) is 10.6 Å². The summed E-state index contributed by atoms with van der Waals surface area (Å²) in [6.07, 6.45) is 5.51. The van der Waals surface area contributed by atoms with Gasteiger partial charge >= 0.3 is 0 Å². The van der Waals surface area contributed by atoms with E-state index < -0.39 is 0 Å². The molecule has 0 saturated heterocycles. The van der Waals surface area contributed by atoms with E-state index in [0.717, 1.165) is 25.1 Å². The maximum Gasteiger partial charge on any atom is 0.101 e. The van der Waals surface area contributed by atoms with Gasteiger partial charge in [-0.3, -0.25) is 4.99 Å². The zero-order valence-corrected chi connectivity index (χ0v) is 10.0. The molecule has 1 aromatic rings. The minimum Gasteiger partial charge on any atom is -0.343 e. The van der Waals surface area contributed by atoms with Gasteiger partial charge in [-0.05, 0) is 25.0 Å². The highest BCUT2D eigenvalue weighted by molar-refractivity contribution is 7.13. The first-order valence-electron chi connectivity index (χ1n) is 5.35. The lowest BCUT2D eigenvalue weighted by Crippen LogP contribution is -2.24. The van der Waals surface area contributed by atoms with E-state index in [2.05, 4.69) is 35.4 Å². The summed E-state index contributed by atoms with van der Waals surface area (Å²) in [7, 11) is 1.84. The molecule has 1 aliphatic rings. The summed E-state index contributed by atoms with van der Waals surface area (Å²) in [5, 5.41) is 3.38. The Morgan fingerprint density at radius 2 is 2.33 bits per heavy atom. The largest absolute Gasteiger partial charge is 0.343 e. The number of allylic oxidation sites excluding steroid dienone is 1. The summed E-state index contributed by atoms with van der Waals surface area (Å²) < 4.78 is 0. The van der Waals surface area contributed by atoms with Crippen LogP contribution in [0, 0.1) is 0 Å². The highest BCUT2D eigenvalue weighted by Gasteiger charge is 2.11. The van der Waals surface area contributed by atoms with Crippen molar-refractivity contribution in [1.82, 2.24) is 5.32 Å². The third-order valence-corrected chi connectivity index (χ3v) is 3.82. The molecule has 15 heavy (non-hydrogen) atoms. The zero-order valence-electron chi connectivity index (χ0n) is 9.21. The van der Waals surface area contributed by atoms with Crippen LogP contribution in [0.4, 0.5) is 0 Å². The first kappa shape index (κ1) is 10.4. The summed E-state index contributed by atoms with van der Waals surface area (Å²) in [5.41, 5.74) is 1.23. The first-order valence-corrected chi connectivity index (χ1v) is 6.17. The van der Waals surface area contributed by atoms with Crippen LogP contribution in [-0.2, 0) is 6.42 Å². The first-order chi connectivity index (χ1) is 7.33. The van der Waals surface area contributed by atoms with Crippen molar-refractivity contribution in [3.8, 4) is 0 Å². The fraction of sp³-hybridized carbons (Fsp3) is 0.417. The van der Waals surface area contributed by atoms with Crippen molar-refractivity contribution in [3.05, 3.63) is 28.0 Å². The quantitative estimate of drug-likeness (QED) is 0.814. The van der Waals surface area contributed by atoms with Crippen molar-refractivity contribution in [2.24, 2.45) is 4.99 Å². The van der Waals surface area contributed by atoms with Crippen LogP contribution in [0.5, 0.6) is 0 Å². The van der Waals surface area contributed by atoms with Gasteiger partial charge in [0, 0.05) is 18.3 Å². The van der Waals surface area contributed by atoms with Gasteiger partial charge in [-0.15, -0.1) is 11.3 Å². The third kappa shape index (κ3) is 2.29. The Bertz CT molecular complexity index is 402. The van der Waals surface area contributed by atoms with Gasteiger partial charge in [0.2, 0.25) is 0 Å². The number of rotatable bonds is 2. The van der Waals surface area contributed by atoms with Gasteiger partial charge in [0.1, 0.15) is 5.84 Å². The van der Waals surface area contributed by atoms with Gasteiger partial charge in [-0.1, -0.05) is 13.0 Å². The summed E-state index contributed by atoms with van der Waals surface area (Å²) in [6, 6.07) is 4.40. The Hall–Kier alpha value is -1.09. The molecule has 0 radical (unpaired) electrons. The van der Waals surface area contributed by atoms with E-state index in [0.29, 0.717) is 0 Å². The second kappa shape index (κ2) is 4.62. The molecule has 3 heteroatoms. The minimum atomic E-state index is 1.03. The Morgan fingerprint density at radius 1 is 1.47 bits per heavy atom. The summed E-state index contributed by atoms with van der Waals surface area (Å²) in [6.45, 7) is 2.19. The maximum absolute atomic E-state index is 4.22. The average molecular weight is 220 g/mol. The Labute approximate surface area is 94.7 Å². The molecule has 1 aromatic heterocycles. The van der Waals surface area contributed by atoms with E-state index in [4.69, 9.17) is 0 Å². The summed E-state index contributed by atoms with van der Waals surface area (Å²) >= 11 is 1.87. The third-order valence-electron chi connectivity index (χ3n) is 2.55. The Balaban J connectivity index is 2.20. The predicted octanol–water partition coefficient (Wildman–Crippen LogP) is 3.06. The zero-order chi connectivity index (χ0) is 10.7. The molecule has 2 nitrogen and oxygen atoms in total. The molecule has 1 N–H and O–H groups in total. The second-order valence-electron chi connectivity index (χ2n) is 3.57. The molecule has 1 aliphatic heterocycles. The SMILES string of the molecule is CCc1ccc(C2=CCCC(=NC)N2)s1. The van der Waals surface area contributed by atoms with E-state index in [9.17, 15) is 0 Å². The number of nitrogens with one attached hydrogen (secondary N) is 1. The molecule has 0 bridgehead atoms. The average Bonchev–Trinajstić information content (AvgIpc) is 2.78. The van der Waals surface area contributed by atoms with Gasteiger partial charge in [-0.25, -0.2) is 0 Å². The lowest BCUT2D eigenvalue weighted by Gasteiger charge is -2.16. The highest BCUT2D eigenvalue weighted by atomic mass is 32.1. The lowest BCUT2D eigenvalue weighted by atomic mass is 10.1. The van der Waals surface area contributed by atoms with Crippen LogP contribution < -0.4 is 5.32 Å². The second-order valence-corrected chi connectivity index (χ2v) is 4.74. The number of hydrogen-bond donors (Lipinski definition) is 1. The Kier molecular flexibility index (Phi) is 3.21. The molecule has 0 saturated carbocycles. The van der Waals surface area contributed by atoms with Crippen LogP contribution in [0.1, 0.15) is 29.5 Å². The fourth-order valence-corrected chi connectivity index (χ4v) is 2.61. The molecule has 2 rings (SSSR count). The number of amidine groups is 1. The number of aliphatic imine (C=N–C) groups is 1. The van der Waals surface area contributed by atoms with Crippen LogP contribution in [0.15, 0.2) is 23.2 Å². The number of thiophene rings is 1. The summed E-state index contributed by atoms with van der Waals surface area (Å²) in [5.74, 6) is 1.10. The maximum atomic E-state index is 4.22. The van der Waals surface area contributed by atoms with E-state index >= 15 is 0 Å². The minimum absolute atomic E-state index is 1.03. The molecule has 0 atom stereocenters. The molecule has 0 fully saturated rings. The van der Waals surface area contributed by atoms with Crippen molar-refractivity contribution in [3.63, 3.8) is 0 Å². The fourth-order valence-electron chi connectivity index (χ4n) is 1.66. The Morgan fingerprint density at radius 3 is 3.00 bits per heavy atom. The van der Waals surface area contributed by atoms with Gasteiger partial charge < -0.3 is 5.32 Å². The van der Waals surface area contributed by atoms with E-state index in [-0.39, 0.29) is 0 Å². The molecule has 0 aromatic carbocycles. The van der Waals surface area contributed by atoms with Crippen LogP contribution in [0.2, 0.25) is 0 Å². The molecular weight excluding hydrogens is 204 g/mol. The van der Waals surface area contributed by atoms with Crippen molar-refractivity contribution in [2.75, 3.05) is 7.05 Å². The van der Waals surface area contributed by atoms with Crippen molar-refractivity contribution in [1.29, 1.82) is 0 Å². The van der Waals surface area contributed by atoms with Crippen LogP contribution >= 0.6 is 11.3 Å².